The van der Waals surface area contributed by atoms with Gasteiger partial charge in [0.05, 0.1) is 17.8 Å². The van der Waals surface area contributed by atoms with Crippen molar-refractivity contribution >= 4 is 22.7 Å². The molecule has 2 heterocycles. The molecular formula is C20H23N3OS. The van der Waals surface area contributed by atoms with Crippen LogP contribution in [0, 0.1) is 19.3 Å². The number of hydrogen-bond acceptors (Lipinski definition) is 4. The summed E-state index contributed by atoms with van der Waals surface area (Å²) in [5.74, 6) is 0.725. The smallest absolute Gasteiger partial charge is 0.135 e. The van der Waals surface area contributed by atoms with Crippen LogP contribution in [0.5, 0.6) is 0 Å². The minimum atomic E-state index is 0.290. The molecule has 5 heteroatoms. The number of amidine groups is 1. The van der Waals surface area contributed by atoms with Gasteiger partial charge in [-0.25, -0.2) is 4.98 Å². The lowest BCUT2D eigenvalue weighted by Crippen LogP contribution is -2.35. The Kier molecular flexibility index (Phi) is 4.12. The maximum atomic E-state index is 10.5. The first kappa shape index (κ1) is 16.3. The Morgan fingerprint density at radius 1 is 1.20 bits per heavy atom. The summed E-state index contributed by atoms with van der Waals surface area (Å²) in [6.45, 7) is 4.66. The lowest BCUT2D eigenvalue weighted by Gasteiger charge is -2.25. The highest BCUT2D eigenvalue weighted by molar-refractivity contribution is 7.11. The van der Waals surface area contributed by atoms with Crippen LogP contribution in [0.2, 0.25) is 0 Å². The van der Waals surface area contributed by atoms with Crippen LogP contribution >= 0.6 is 11.3 Å². The van der Waals surface area contributed by atoms with Gasteiger partial charge in [0.1, 0.15) is 16.6 Å². The molecule has 2 aromatic rings. The number of nitrogens with one attached hydrogen (secondary N) is 1. The molecule has 0 atom stereocenters. The molecular weight excluding hydrogens is 330 g/mol. The molecule has 0 spiro atoms. The Morgan fingerprint density at radius 3 is 2.68 bits per heavy atom. The standard InChI is InChI=1S/C20H23N3OS/c1-12-7-8-14(9-13(12)2)16-11-25-20(22-16)18-17(24)10-23(19(18)21)15-5-3-4-6-15/h7-9,11,15,21,24H,3-6,10H2,1-2H3. The second-order valence-corrected chi connectivity index (χ2v) is 7.93. The highest BCUT2D eigenvalue weighted by Gasteiger charge is 2.35. The van der Waals surface area contributed by atoms with Crippen molar-refractivity contribution < 1.29 is 5.11 Å². The largest absolute Gasteiger partial charge is 0.510 e. The van der Waals surface area contributed by atoms with Gasteiger partial charge in [0.25, 0.3) is 0 Å². The van der Waals surface area contributed by atoms with Crippen LogP contribution in [0.1, 0.15) is 41.8 Å². The SMILES string of the molecule is Cc1ccc(-c2csc(C3=C(O)CN(C4CCCC4)C3=N)n2)cc1C. The van der Waals surface area contributed by atoms with Crippen LogP contribution in [-0.4, -0.2) is 33.4 Å². The fraction of sp³-hybridized carbons (Fsp3) is 0.400. The molecule has 1 saturated carbocycles. The van der Waals surface area contributed by atoms with Crippen LogP contribution in [0.25, 0.3) is 16.8 Å². The molecule has 2 N–H and O–H groups in total. The van der Waals surface area contributed by atoms with Gasteiger partial charge in [-0.1, -0.05) is 25.0 Å². The van der Waals surface area contributed by atoms with Crippen molar-refractivity contribution in [1.82, 2.24) is 9.88 Å². The third-order valence-corrected chi connectivity index (χ3v) is 6.28. The van der Waals surface area contributed by atoms with Gasteiger partial charge in [-0.15, -0.1) is 11.3 Å². The molecule has 1 aliphatic carbocycles. The number of aliphatic hydroxyl groups is 1. The van der Waals surface area contributed by atoms with E-state index >= 15 is 0 Å². The maximum Gasteiger partial charge on any atom is 0.135 e. The molecule has 1 aromatic heterocycles. The molecule has 1 fully saturated rings. The Bertz CT molecular complexity index is 862. The molecule has 0 radical (unpaired) electrons. The monoisotopic (exact) mass is 353 g/mol. The predicted molar refractivity (Wildman–Crippen MR) is 103 cm³/mol. The molecule has 0 bridgehead atoms. The zero-order chi connectivity index (χ0) is 17.6. The average Bonchev–Trinajstić information content (AvgIpc) is 3.30. The van der Waals surface area contributed by atoms with Crippen LogP contribution in [0.3, 0.4) is 0 Å². The number of nitrogens with zero attached hydrogens (tertiary/aromatic N) is 2. The van der Waals surface area contributed by atoms with Gasteiger partial charge in [-0.05, 0) is 43.9 Å². The van der Waals surface area contributed by atoms with Gasteiger partial charge in [-0.2, -0.15) is 0 Å². The van der Waals surface area contributed by atoms with Crippen LogP contribution in [0.15, 0.2) is 29.3 Å². The highest BCUT2D eigenvalue weighted by atomic mass is 32.1. The summed E-state index contributed by atoms with van der Waals surface area (Å²) in [5.41, 5.74) is 5.13. The van der Waals surface area contributed by atoms with E-state index < -0.39 is 0 Å². The highest BCUT2D eigenvalue weighted by Crippen LogP contribution is 2.36. The zero-order valence-electron chi connectivity index (χ0n) is 14.7. The van der Waals surface area contributed by atoms with E-state index in [2.05, 4.69) is 36.9 Å². The molecule has 4 rings (SSSR count). The topological polar surface area (TPSA) is 60.2 Å². The van der Waals surface area contributed by atoms with Crippen LogP contribution in [0.4, 0.5) is 0 Å². The number of benzene rings is 1. The van der Waals surface area contributed by atoms with Crippen molar-refractivity contribution in [3.8, 4) is 11.3 Å². The number of aryl methyl sites for hydroxylation is 2. The number of aromatic nitrogens is 1. The molecule has 0 amide bonds. The van der Waals surface area contributed by atoms with E-state index in [1.54, 1.807) is 0 Å². The summed E-state index contributed by atoms with van der Waals surface area (Å²) in [4.78, 5) is 6.78. The Labute approximate surface area is 152 Å². The Morgan fingerprint density at radius 2 is 1.96 bits per heavy atom. The van der Waals surface area contributed by atoms with Gasteiger partial charge >= 0.3 is 0 Å². The van der Waals surface area contributed by atoms with Crippen molar-refractivity contribution in [3.63, 3.8) is 0 Å². The van der Waals surface area contributed by atoms with Gasteiger partial charge < -0.3 is 10.0 Å². The minimum Gasteiger partial charge on any atom is -0.510 e. The van der Waals surface area contributed by atoms with Crippen LogP contribution < -0.4 is 0 Å². The lowest BCUT2D eigenvalue weighted by molar-refractivity contribution is 0.296. The first-order valence-electron chi connectivity index (χ1n) is 8.86. The second-order valence-electron chi connectivity index (χ2n) is 7.07. The zero-order valence-corrected chi connectivity index (χ0v) is 15.5. The summed E-state index contributed by atoms with van der Waals surface area (Å²) in [5, 5.41) is 21.8. The normalized spacial score (nSPS) is 18.6. The fourth-order valence-corrected chi connectivity index (χ4v) is 4.67. The van der Waals surface area contributed by atoms with Crippen LogP contribution in [-0.2, 0) is 0 Å². The van der Waals surface area contributed by atoms with E-state index in [0.29, 0.717) is 24.0 Å². The molecule has 130 valence electrons. The summed E-state index contributed by atoms with van der Waals surface area (Å²) < 4.78 is 0. The van der Waals surface area contributed by atoms with Gasteiger partial charge in [-0.3, -0.25) is 5.41 Å². The maximum absolute atomic E-state index is 10.5. The first-order valence-corrected chi connectivity index (χ1v) is 9.74. The number of rotatable bonds is 3. The molecule has 4 nitrogen and oxygen atoms in total. The van der Waals surface area contributed by atoms with E-state index in [0.717, 1.165) is 29.1 Å². The first-order chi connectivity index (χ1) is 12.0. The summed E-state index contributed by atoms with van der Waals surface area (Å²) in [7, 11) is 0. The molecule has 0 unspecified atom stereocenters. The van der Waals surface area contributed by atoms with Crippen molar-refractivity contribution in [2.75, 3.05) is 6.54 Å². The molecule has 25 heavy (non-hydrogen) atoms. The average molecular weight is 353 g/mol. The molecule has 1 aliphatic heterocycles. The van der Waals surface area contributed by atoms with Crippen molar-refractivity contribution in [1.29, 1.82) is 5.41 Å². The van der Waals surface area contributed by atoms with E-state index in [1.165, 1.54) is 35.3 Å². The summed E-state index contributed by atoms with van der Waals surface area (Å²) in [6, 6.07) is 6.74. The third kappa shape index (κ3) is 2.86. The fourth-order valence-electron chi connectivity index (χ4n) is 3.77. The van der Waals surface area contributed by atoms with E-state index in [4.69, 9.17) is 10.4 Å². The van der Waals surface area contributed by atoms with Crippen molar-refractivity contribution in [2.24, 2.45) is 0 Å². The van der Waals surface area contributed by atoms with E-state index in [9.17, 15) is 5.11 Å². The van der Waals surface area contributed by atoms with Crippen molar-refractivity contribution in [2.45, 2.75) is 45.6 Å². The van der Waals surface area contributed by atoms with Gasteiger partial charge in [0.2, 0.25) is 0 Å². The minimum absolute atomic E-state index is 0.290. The molecule has 1 aromatic carbocycles. The van der Waals surface area contributed by atoms with Gasteiger partial charge in [0, 0.05) is 17.0 Å². The summed E-state index contributed by atoms with van der Waals surface area (Å²) >= 11 is 1.51. The molecule has 0 saturated heterocycles. The second kappa shape index (κ2) is 6.30. The van der Waals surface area contributed by atoms with Crippen molar-refractivity contribution in [3.05, 3.63) is 45.5 Å². The quantitative estimate of drug-likeness (QED) is 0.822. The van der Waals surface area contributed by atoms with E-state index in [-0.39, 0.29) is 5.76 Å². The molecule has 2 aliphatic rings. The third-order valence-electron chi connectivity index (χ3n) is 5.42. The lowest BCUT2D eigenvalue weighted by atomic mass is 10.1. The number of aliphatic hydroxyl groups excluding tert-OH is 1. The number of hydrogen-bond donors (Lipinski definition) is 2. The van der Waals surface area contributed by atoms with E-state index in [1.807, 2.05) is 5.38 Å². The predicted octanol–water partition coefficient (Wildman–Crippen LogP) is 4.93. The summed E-state index contributed by atoms with van der Waals surface area (Å²) in [6.07, 6.45) is 4.68. The Hall–Kier alpha value is -2.14. The number of thiazole rings is 1. The van der Waals surface area contributed by atoms with Gasteiger partial charge in [0.15, 0.2) is 0 Å². The Balaban J connectivity index is 1.62.